The van der Waals surface area contributed by atoms with Crippen LogP contribution in [-0.2, 0) is 15.1 Å². The number of hydrogen-bond donors (Lipinski definition) is 3. The molecular weight excluding hydrogens is 374 g/mol. The molecule has 2 aliphatic rings. The van der Waals surface area contributed by atoms with E-state index in [1.54, 1.807) is 18.2 Å². The van der Waals surface area contributed by atoms with Crippen molar-refractivity contribution in [1.82, 2.24) is 4.90 Å². The van der Waals surface area contributed by atoms with Gasteiger partial charge in [-0.1, -0.05) is 42.5 Å². The first-order chi connectivity index (χ1) is 14.1. The Balaban J connectivity index is 0.000000755. The maximum atomic E-state index is 10.9. The second-order valence-corrected chi connectivity index (χ2v) is 7.30. The van der Waals surface area contributed by atoms with Crippen LogP contribution in [0.15, 0.2) is 54.6 Å². The van der Waals surface area contributed by atoms with Gasteiger partial charge in [0.15, 0.2) is 11.5 Å². The first-order valence-electron chi connectivity index (χ1n) is 9.70. The Bertz CT molecular complexity index is 776. The molecule has 2 aliphatic heterocycles. The van der Waals surface area contributed by atoms with Crippen molar-refractivity contribution < 1.29 is 29.6 Å². The summed E-state index contributed by atoms with van der Waals surface area (Å²) in [5, 5.41) is 27.5. The highest BCUT2D eigenvalue weighted by Crippen LogP contribution is 2.34. The van der Waals surface area contributed by atoms with Crippen LogP contribution in [0.5, 0.6) is 11.5 Å². The molecule has 156 valence electrons. The van der Waals surface area contributed by atoms with Crippen LogP contribution < -0.4 is 4.74 Å². The zero-order valence-corrected chi connectivity index (χ0v) is 16.2. The lowest BCUT2D eigenvalue weighted by Gasteiger charge is -2.38. The summed E-state index contributed by atoms with van der Waals surface area (Å²) in [6.07, 6.45) is 1.72. The van der Waals surface area contributed by atoms with Gasteiger partial charge in [-0.15, -0.1) is 0 Å². The molecule has 2 heterocycles. The minimum Gasteiger partial charge on any atom is -0.504 e. The van der Waals surface area contributed by atoms with Crippen molar-refractivity contribution in [2.75, 3.05) is 26.2 Å². The molecule has 7 nitrogen and oxygen atoms in total. The number of carbonyl (C=O) groups is 1. The number of likely N-dealkylation sites (tertiary alicyclic amines) is 1. The number of para-hydroxylation sites is 2. The lowest BCUT2D eigenvalue weighted by atomic mass is 9.84. The highest BCUT2D eigenvalue weighted by atomic mass is 16.6. The number of rotatable bonds is 6. The number of aliphatic hydroxyl groups is 1. The molecule has 2 atom stereocenters. The van der Waals surface area contributed by atoms with Gasteiger partial charge in [-0.2, -0.15) is 0 Å². The quantitative estimate of drug-likeness (QED) is 0.504. The van der Waals surface area contributed by atoms with Crippen LogP contribution in [0.25, 0.3) is 0 Å². The van der Waals surface area contributed by atoms with Crippen molar-refractivity contribution in [1.29, 1.82) is 0 Å². The average Bonchev–Trinajstić information content (AvgIpc) is 3.48. The van der Waals surface area contributed by atoms with Crippen LogP contribution in [0.1, 0.15) is 18.4 Å². The monoisotopic (exact) mass is 401 g/mol. The Hall–Kier alpha value is -2.61. The minimum absolute atomic E-state index is 0.0736. The van der Waals surface area contributed by atoms with Gasteiger partial charge in [-0.3, -0.25) is 4.79 Å². The molecule has 2 aromatic rings. The van der Waals surface area contributed by atoms with Crippen molar-refractivity contribution >= 4 is 6.47 Å². The number of benzene rings is 2. The van der Waals surface area contributed by atoms with Crippen molar-refractivity contribution in [3.05, 3.63) is 60.2 Å². The van der Waals surface area contributed by atoms with Crippen LogP contribution in [-0.4, -0.2) is 65.1 Å². The Kier molecular flexibility index (Phi) is 7.09. The largest absolute Gasteiger partial charge is 0.504 e. The van der Waals surface area contributed by atoms with Crippen molar-refractivity contribution in [3.63, 3.8) is 0 Å². The number of phenolic OH excluding ortho intramolecular Hbond substituents is 1. The SMILES string of the molecule is O=CO.Oc1ccccc1OCC1OC1CN1CCC(O)(c2ccccc2)CC1. The number of phenols is 1. The summed E-state index contributed by atoms with van der Waals surface area (Å²) in [4.78, 5) is 10.7. The maximum Gasteiger partial charge on any atom is 0.290 e. The molecule has 0 radical (unpaired) electrons. The molecule has 3 N–H and O–H groups in total. The first kappa shape index (κ1) is 21.1. The zero-order chi connectivity index (χ0) is 20.7. The maximum absolute atomic E-state index is 10.9. The third-order valence-corrected chi connectivity index (χ3v) is 5.39. The summed E-state index contributed by atoms with van der Waals surface area (Å²) in [5.74, 6) is 0.647. The second-order valence-electron chi connectivity index (χ2n) is 7.30. The Morgan fingerprint density at radius 3 is 2.34 bits per heavy atom. The van der Waals surface area contributed by atoms with E-state index in [4.69, 9.17) is 19.4 Å². The van der Waals surface area contributed by atoms with Gasteiger partial charge in [0, 0.05) is 19.6 Å². The summed E-state index contributed by atoms with van der Waals surface area (Å²) >= 11 is 0. The summed E-state index contributed by atoms with van der Waals surface area (Å²) in [6, 6.07) is 16.9. The van der Waals surface area contributed by atoms with Crippen LogP contribution in [0, 0.1) is 0 Å². The molecule has 2 fully saturated rings. The van der Waals surface area contributed by atoms with E-state index in [-0.39, 0.29) is 24.4 Å². The lowest BCUT2D eigenvalue weighted by molar-refractivity contribution is -0.122. The van der Waals surface area contributed by atoms with Gasteiger partial charge in [0.2, 0.25) is 0 Å². The fraction of sp³-hybridized carbons (Fsp3) is 0.409. The standard InChI is InChI=1S/C21H25NO4.CH2O2/c23-17-8-4-5-9-18(17)25-15-20-19(26-20)14-22-12-10-21(24,11-13-22)16-6-2-1-3-7-16;2-1-3/h1-9,19-20,23-24H,10-15H2;1H,(H,2,3). The zero-order valence-electron chi connectivity index (χ0n) is 16.2. The van der Waals surface area contributed by atoms with Crippen LogP contribution >= 0.6 is 0 Å². The molecule has 0 spiro atoms. The number of ether oxygens (including phenoxy) is 2. The smallest absolute Gasteiger partial charge is 0.290 e. The second kappa shape index (κ2) is 9.73. The molecule has 2 aromatic carbocycles. The molecule has 0 bridgehead atoms. The van der Waals surface area contributed by atoms with Crippen molar-refractivity contribution in [2.45, 2.75) is 30.7 Å². The number of carboxylic acid groups (broad SMARTS) is 1. The third kappa shape index (κ3) is 5.69. The predicted octanol–water partition coefficient (Wildman–Crippen LogP) is 2.22. The van der Waals surface area contributed by atoms with E-state index in [2.05, 4.69) is 4.90 Å². The topological polar surface area (TPSA) is 103 Å². The van der Waals surface area contributed by atoms with E-state index in [0.29, 0.717) is 12.4 Å². The fourth-order valence-electron chi connectivity index (χ4n) is 3.63. The Labute approximate surface area is 170 Å². The summed E-state index contributed by atoms with van der Waals surface area (Å²) in [5.41, 5.74) is 0.298. The molecule has 4 rings (SSSR count). The molecular formula is C22H27NO6. The molecule has 7 heteroatoms. The van der Waals surface area contributed by atoms with E-state index < -0.39 is 5.60 Å². The van der Waals surface area contributed by atoms with Crippen LogP contribution in [0.2, 0.25) is 0 Å². The third-order valence-electron chi connectivity index (χ3n) is 5.39. The van der Waals surface area contributed by atoms with E-state index in [9.17, 15) is 10.2 Å². The number of piperidine rings is 1. The lowest BCUT2D eigenvalue weighted by Crippen LogP contribution is -2.44. The highest BCUT2D eigenvalue weighted by molar-refractivity contribution is 5.38. The number of aromatic hydroxyl groups is 1. The van der Waals surface area contributed by atoms with E-state index in [1.807, 2.05) is 36.4 Å². The minimum atomic E-state index is -0.713. The van der Waals surface area contributed by atoms with E-state index in [0.717, 1.165) is 38.0 Å². The van der Waals surface area contributed by atoms with Crippen molar-refractivity contribution in [2.24, 2.45) is 0 Å². The molecule has 29 heavy (non-hydrogen) atoms. The molecule has 0 saturated carbocycles. The molecule has 0 aromatic heterocycles. The van der Waals surface area contributed by atoms with Gasteiger partial charge < -0.3 is 29.7 Å². The molecule has 0 aliphatic carbocycles. The normalized spacial score (nSPS) is 22.8. The van der Waals surface area contributed by atoms with Crippen molar-refractivity contribution in [3.8, 4) is 11.5 Å². The number of hydrogen-bond acceptors (Lipinski definition) is 6. The average molecular weight is 401 g/mol. The first-order valence-corrected chi connectivity index (χ1v) is 9.70. The summed E-state index contributed by atoms with van der Waals surface area (Å²) in [7, 11) is 0. The van der Waals surface area contributed by atoms with Crippen LogP contribution in [0.3, 0.4) is 0 Å². The predicted molar refractivity (Wildman–Crippen MR) is 107 cm³/mol. The molecule has 2 unspecified atom stereocenters. The van der Waals surface area contributed by atoms with Crippen LogP contribution in [0.4, 0.5) is 0 Å². The van der Waals surface area contributed by atoms with Gasteiger partial charge in [0.1, 0.15) is 18.8 Å². The van der Waals surface area contributed by atoms with E-state index >= 15 is 0 Å². The van der Waals surface area contributed by atoms with Gasteiger partial charge >= 0.3 is 0 Å². The van der Waals surface area contributed by atoms with Gasteiger partial charge in [-0.05, 0) is 30.5 Å². The summed E-state index contributed by atoms with van der Waals surface area (Å²) < 4.78 is 11.3. The summed E-state index contributed by atoms with van der Waals surface area (Å²) in [6.45, 7) is 2.78. The molecule has 0 amide bonds. The fourth-order valence-corrected chi connectivity index (χ4v) is 3.63. The Morgan fingerprint density at radius 1 is 1.07 bits per heavy atom. The molecule has 2 saturated heterocycles. The van der Waals surface area contributed by atoms with Gasteiger partial charge in [0.25, 0.3) is 6.47 Å². The Morgan fingerprint density at radius 2 is 1.69 bits per heavy atom. The number of epoxide rings is 1. The van der Waals surface area contributed by atoms with E-state index in [1.165, 1.54) is 0 Å². The van der Waals surface area contributed by atoms with Gasteiger partial charge in [0.05, 0.1) is 5.60 Å². The van der Waals surface area contributed by atoms with Gasteiger partial charge in [-0.25, -0.2) is 0 Å². The highest BCUT2D eigenvalue weighted by Gasteiger charge is 2.42. The number of nitrogens with zero attached hydrogens (tertiary/aromatic N) is 1.